The van der Waals surface area contributed by atoms with Crippen LogP contribution in [-0.2, 0) is 4.79 Å². The van der Waals surface area contributed by atoms with Crippen LogP contribution in [0.15, 0.2) is 29.6 Å². The van der Waals surface area contributed by atoms with Gasteiger partial charge >= 0.3 is 0 Å². The van der Waals surface area contributed by atoms with Gasteiger partial charge in [0, 0.05) is 36.9 Å². The summed E-state index contributed by atoms with van der Waals surface area (Å²) in [7, 11) is 1.67. The number of carbonyl (C=O) groups is 1. The number of carbonyl (C=O) groups excluding carboxylic acids is 1. The van der Waals surface area contributed by atoms with E-state index in [0.29, 0.717) is 0 Å². The number of nitrogens with two attached hydrogens (primary N) is 1. The summed E-state index contributed by atoms with van der Waals surface area (Å²) in [6, 6.07) is 7.98. The van der Waals surface area contributed by atoms with E-state index in [1.54, 1.807) is 18.4 Å². The normalized spacial score (nSPS) is 20.1. The van der Waals surface area contributed by atoms with E-state index in [4.69, 9.17) is 15.5 Å². The highest BCUT2D eigenvalue weighted by atomic mass is 32.1. The summed E-state index contributed by atoms with van der Waals surface area (Å²) in [5.41, 5.74) is 7.59. The highest BCUT2D eigenvalue weighted by Gasteiger charge is 2.49. The average Bonchev–Trinajstić information content (AvgIpc) is 3.24. The maximum absolute atomic E-state index is 12.4. The van der Waals surface area contributed by atoms with E-state index in [0.717, 1.165) is 61.2 Å². The Morgan fingerprint density at radius 1 is 1.18 bits per heavy atom. The van der Waals surface area contributed by atoms with Crippen LogP contribution in [0.2, 0.25) is 0 Å². The lowest BCUT2D eigenvalue weighted by Crippen LogP contribution is -3.22. The molecule has 7 heteroatoms. The minimum atomic E-state index is -0.396. The number of nitrogens with one attached hydrogen (secondary N) is 1. The summed E-state index contributed by atoms with van der Waals surface area (Å²) >= 11 is 1.67. The number of benzene rings is 1. The smallest absolute Gasteiger partial charge is 0.278 e. The van der Waals surface area contributed by atoms with Crippen molar-refractivity contribution in [3.63, 3.8) is 0 Å². The highest BCUT2D eigenvalue weighted by molar-refractivity contribution is 7.14. The Labute approximate surface area is 170 Å². The first kappa shape index (κ1) is 19.2. The molecule has 28 heavy (non-hydrogen) atoms. The number of hydrogen-bond donors (Lipinski definition) is 2. The summed E-state index contributed by atoms with van der Waals surface area (Å²) in [6.45, 7) is 3.81. The Hall–Kier alpha value is -2.12. The van der Waals surface area contributed by atoms with Gasteiger partial charge in [0.05, 0.1) is 25.9 Å². The lowest BCUT2D eigenvalue weighted by Gasteiger charge is -2.45. The van der Waals surface area contributed by atoms with Crippen molar-refractivity contribution < 1.29 is 14.4 Å². The zero-order valence-corrected chi connectivity index (χ0v) is 17.3. The average molecular weight is 402 g/mol. The molecule has 2 fully saturated rings. The number of nitrogens with zero attached hydrogens (tertiary/aromatic N) is 2. The Morgan fingerprint density at radius 3 is 2.46 bits per heavy atom. The molecule has 150 valence electrons. The summed E-state index contributed by atoms with van der Waals surface area (Å²) in [5.74, 6) is 0.723. The van der Waals surface area contributed by atoms with Crippen molar-refractivity contribution in [1.29, 1.82) is 0 Å². The molecule has 0 radical (unpaired) electrons. The highest BCUT2D eigenvalue weighted by Crippen LogP contribution is 2.31. The van der Waals surface area contributed by atoms with Gasteiger partial charge in [-0.05, 0) is 43.5 Å². The van der Waals surface area contributed by atoms with Gasteiger partial charge in [0.2, 0.25) is 0 Å². The van der Waals surface area contributed by atoms with Gasteiger partial charge in [0.1, 0.15) is 5.75 Å². The first-order valence-corrected chi connectivity index (χ1v) is 11.0. The van der Waals surface area contributed by atoms with E-state index in [-0.39, 0.29) is 5.91 Å². The number of aromatic nitrogens is 1. The van der Waals surface area contributed by atoms with Gasteiger partial charge in [-0.2, -0.15) is 0 Å². The Morgan fingerprint density at radius 2 is 1.86 bits per heavy atom. The maximum Gasteiger partial charge on any atom is 0.278 e. The van der Waals surface area contributed by atoms with Crippen molar-refractivity contribution in [2.45, 2.75) is 37.6 Å². The predicted octanol–water partition coefficient (Wildman–Crippen LogP) is 1.71. The molecule has 2 aliphatic rings. The Balaban J connectivity index is 1.46. The number of methoxy groups -OCH3 is 1. The van der Waals surface area contributed by atoms with Crippen LogP contribution < -0.4 is 20.3 Å². The quantitative estimate of drug-likeness (QED) is 0.800. The van der Waals surface area contributed by atoms with E-state index in [2.05, 4.69) is 10.3 Å². The van der Waals surface area contributed by atoms with Crippen LogP contribution in [-0.4, -0.2) is 49.7 Å². The molecule has 0 atom stereocenters. The zero-order valence-electron chi connectivity index (χ0n) is 16.4. The molecule has 6 nitrogen and oxygen atoms in total. The lowest BCUT2D eigenvalue weighted by atomic mass is 9.83. The third-order valence-electron chi connectivity index (χ3n) is 6.37. The van der Waals surface area contributed by atoms with Gasteiger partial charge in [-0.25, -0.2) is 4.98 Å². The third-order valence-corrected chi connectivity index (χ3v) is 7.27. The molecule has 1 aromatic carbocycles. The molecular formula is C21H29N4O2S+. The lowest BCUT2D eigenvalue weighted by molar-refractivity contribution is -0.947. The standard InChI is InChI=1S/C21H28N4O2S/c1-27-17-7-5-16(6-8-17)18-15-28-20(23-18)24-13-9-21(10-14-24,19(22)26)25-11-3-2-4-12-25/h5-8,15H,2-4,9-14H2,1H3,(H2,22,26)/p+1. The van der Waals surface area contributed by atoms with Crippen LogP contribution in [0.1, 0.15) is 32.1 Å². The number of piperidine rings is 2. The van der Waals surface area contributed by atoms with Gasteiger partial charge in [-0.15, -0.1) is 11.3 Å². The fraction of sp³-hybridized carbons (Fsp3) is 0.524. The molecule has 0 saturated carbocycles. The molecule has 0 spiro atoms. The molecule has 1 amide bonds. The van der Waals surface area contributed by atoms with Crippen molar-refractivity contribution in [3.05, 3.63) is 29.6 Å². The molecule has 4 rings (SSSR count). The molecular weight excluding hydrogens is 372 g/mol. The number of anilines is 1. The van der Waals surface area contributed by atoms with Crippen LogP contribution in [0.3, 0.4) is 0 Å². The fourth-order valence-electron chi connectivity index (χ4n) is 4.61. The van der Waals surface area contributed by atoms with Gasteiger partial charge in [0.15, 0.2) is 10.7 Å². The van der Waals surface area contributed by atoms with E-state index in [1.165, 1.54) is 24.2 Å². The van der Waals surface area contributed by atoms with Crippen molar-refractivity contribution >= 4 is 22.4 Å². The first-order chi connectivity index (χ1) is 13.6. The number of rotatable bonds is 5. The van der Waals surface area contributed by atoms with E-state index in [1.807, 2.05) is 24.3 Å². The van der Waals surface area contributed by atoms with E-state index < -0.39 is 5.54 Å². The SMILES string of the molecule is COc1ccc(-c2csc(N3CCC(C(N)=O)([NH+]4CCCCC4)CC3)n2)cc1. The van der Waals surface area contributed by atoms with Crippen molar-refractivity contribution in [2.75, 3.05) is 38.2 Å². The minimum Gasteiger partial charge on any atom is -0.497 e. The largest absolute Gasteiger partial charge is 0.497 e. The summed E-state index contributed by atoms with van der Waals surface area (Å²) in [4.78, 5) is 21.0. The van der Waals surface area contributed by atoms with Crippen LogP contribution >= 0.6 is 11.3 Å². The summed E-state index contributed by atoms with van der Waals surface area (Å²) in [5, 5.41) is 3.13. The molecule has 0 aliphatic carbocycles. The van der Waals surface area contributed by atoms with Crippen LogP contribution in [0.4, 0.5) is 5.13 Å². The molecule has 3 N–H and O–H groups in total. The van der Waals surface area contributed by atoms with Crippen LogP contribution in [0.5, 0.6) is 5.75 Å². The second-order valence-electron chi connectivity index (χ2n) is 7.84. The van der Waals surface area contributed by atoms with Crippen molar-refractivity contribution in [3.8, 4) is 17.0 Å². The van der Waals surface area contributed by atoms with Crippen molar-refractivity contribution in [2.24, 2.45) is 5.73 Å². The van der Waals surface area contributed by atoms with E-state index >= 15 is 0 Å². The second-order valence-corrected chi connectivity index (χ2v) is 8.68. The molecule has 2 saturated heterocycles. The number of amides is 1. The molecule has 2 aromatic rings. The van der Waals surface area contributed by atoms with Gasteiger partial charge in [-0.1, -0.05) is 0 Å². The number of quaternary nitrogens is 1. The van der Waals surface area contributed by atoms with Gasteiger partial charge in [-0.3, -0.25) is 4.79 Å². The molecule has 0 bridgehead atoms. The number of thiazole rings is 1. The number of likely N-dealkylation sites (tertiary alicyclic amines) is 1. The Bertz CT molecular complexity index is 806. The van der Waals surface area contributed by atoms with Gasteiger partial charge in [0.25, 0.3) is 5.91 Å². The summed E-state index contributed by atoms with van der Waals surface area (Å²) < 4.78 is 5.23. The monoisotopic (exact) mass is 401 g/mol. The predicted molar refractivity (Wildman–Crippen MR) is 112 cm³/mol. The van der Waals surface area contributed by atoms with Crippen molar-refractivity contribution in [1.82, 2.24) is 4.98 Å². The van der Waals surface area contributed by atoms with Crippen LogP contribution in [0.25, 0.3) is 11.3 Å². The number of primary amides is 1. The fourth-order valence-corrected chi connectivity index (χ4v) is 5.50. The topological polar surface area (TPSA) is 72.9 Å². The molecule has 0 unspecified atom stereocenters. The zero-order chi connectivity index (χ0) is 19.6. The maximum atomic E-state index is 12.4. The molecule has 1 aromatic heterocycles. The number of ether oxygens (including phenoxy) is 1. The summed E-state index contributed by atoms with van der Waals surface area (Å²) in [6.07, 6.45) is 5.31. The first-order valence-electron chi connectivity index (χ1n) is 10.1. The molecule has 2 aliphatic heterocycles. The molecule has 3 heterocycles. The van der Waals surface area contributed by atoms with Crippen LogP contribution in [0, 0.1) is 0 Å². The van der Waals surface area contributed by atoms with E-state index in [9.17, 15) is 4.79 Å². The second kappa shape index (κ2) is 8.09. The number of hydrogen-bond acceptors (Lipinski definition) is 5. The van der Waals surface area contributed by atoms with Gasteiger partial charge < -0.3 is 20.3 Å². The Kier molecular flexibility index (Phi) is 5.55. The minimum absolute atomic E-state index is 0.123. The third kappa shape index (κ3) is 3.61.